The number of halogens is 3. The molecule has 21 heavy (non-hydrogen) atoms. The fourth-order valence-corrected chi connectivity index (χ4v) is 3.71. The number of carbonyl (C=O) groups is 1. The van der Waals surface area contributed by atoms with Crippen LogP contribution in [0.25, 0.3) is 0 Å². The van der Waals surface area contributed by atoms with Gasteiger partial charge in [0.15, 0.2) is 0 Å². The first-order valence-electron chi connectivity index (χ1n) is 6.03. The van der Waals surface area contributed by atoms with E-state index in [9.17, 15) is 26.4 Å². The standard InChI is InChI=1S/C12H12F3NO4S/c13-12(14,15)4-6-21(19,20)16-5-3-8-7-9(11(17)18)1-2-10(8)16/h1-2,7H,3-6H2,(H,17,18). The number of sulfonamides is 1. The third kappa shape index (κ3) is 3.46. The first kappa shape index (κ1) is 15.6. The Morgan fingerprint density at radius 2 is 2.00 bits per heavy atom. The summed E-state index contributed by atoms with van der Waals surface area (Å²) in [6.07, 6.45) is -5.67. The molecule has 1 aliphatic rings. The highest BCUT2D eigenvalue weighted by Crippen LogP contribution is 2.32. The van der Waals surface area contributed by atoms with E-state index in [4.69, 9.17) is 5.11 Å². The van der Waals surface area contributed by atoms with Crippen molar-refractivity contribution in [3.8, 4) is 0 Å². The summed E-state index contributed by atoms with van der Waals surface area (Å²) >= 11 is 0. The lowest BCUT2D eigenvalue weighted by molar-refractivity contribution is -0.129. The van der Waals surface area contributed by atoms with Crippen molar-refractivity contribution in [3.05, 3.63) is 29.3 Å². The van der Waals surface area contributed by atoms with Gasteiger partial charge in [0.05, 0.1) is 23.4 Å². The highest BCUT2D eigenvalue weighted by molar-refractivity contribution is 7.92. The molecule has 0 bridgehead atoms. The summed E-state index contributed by atoms with van der Waals surface area (Å²) in [6, 6.07) is 3.90. The molecule has 0 fully saturated rings. The van der Waals surface area contributed by atoms with Crippen LogP contribution in [0.5, 0.6) is 0 Å². The predicted molar refractivity (Wildman–Crippen MR) is 68.9 cm³/mol. The van der Waals surface area contributed by atoms with Gasteiger partial charge in [-0.1, -0.05) is 0 Å². The van der Waals surface area contributed by atoms with Crippen LogP contribution >= 0.6 is 0 Å². The van der Waals surface area contributed by atoms with E-state index in [0.29, 0.717) is 5.56 Å². The van der Waals surface area contributed by atoms with E-state index < -0.39 is 34.3 Å². The topological polar surface area (TPSA) is 74.7 Å². The van der Waals surface area contributed by atoms with Crippen molar-refractivity contribution in [2.24, 2.45) is 0 Å². The van der Waals surface area contributed by atoms with Crippen LogP contribution < -0.4 is 4.31 Å². The fraction of sp³-hybridized carbons (Fsp3) is 0.417. The molecule has 1 aromatic rings. The van der Waals surface area contributed by atoms with E-state index in [2.05, 4.69) is 0 Å². The average Bonchev–Trinajstić information content (AvgIpc) is 2.79. The molecule has 0 atom stereocenters. The Hall–Kier alpha value is -1.77. The molecule has 0 saturated heterocycles. The Morgan fingerprint density at radius 1 is 1.33 bits per heavy atom. The number of carboxylic acids is 1. The Balaban J connectivity index is 2.24. The number of rotatable bonds is 4. The molecule has 116 valence electrons. The number of fused-ring (bicyclic) bond motifs is 1. The molecule has 1 heterocycles. The molecular formula is C12H12F3NO4S. The molecule has 0 spiro atoms. The highest BCUT2D eigenvalue weighted by atomic mass is 32.2. The SMILES string of the molecule is O=C(O)c1ccc2c(c1)CCN2S(=O)(=O)CCC(F)(F)F. The summed E-state index contributed by atoms with van der Waals surface area (Å²) in [5, 5.41) is 8.86. The van der Waals surface area contributed by atoms with Crippen LogP contribution in [0.15, 0.2) is 18.2 Å². The van der Waals surface area contributed by atoms with Crippen LogP contribution in [0, 0.1) is 0 Å². The minimum atomic E-state index is -4.54. The lowest BCUT2D eigenvalue weighted by Crippen LogP contribution is -2.33. The summed E-state index contributed by atoms with van der Waals surface area (Å²) in [4.78, 5) is 10.8. The summed E-state index contributed by atoms with van der Waals surface area (Å²) in [7, 11) is -4.07. The van der Waals surface area contributed by atoms with Gasteiger partial charge < -0.3 is 5.11 Å². The van der Waals surface area contributed by atoms with Crippen LogP contribution in [0.2, 0.25) is 0 Å². The largest absolute Gasteiger partial charge is 0.478 e. The van der Waals surface area contributed by atoms with Crippen molar-refractivity contribution in [2.45, 2.75) is 19.0 Å². The molecule has 0 saturated carbocycles. The van der Waals surface area contributed by atoms with Crippen molar-refractivity contribution in [2.75, 3.05) is 16.6 Å². The number of alkyl halides is 3. The van der Waals surface area contributed by atoms with Gasteiger partial charge in [-0.15, -0.1) is 0 Å². The van der Waals surface area contributed by atoms with Gasteiger partial charge in [0.25, 0.3) is 0 Å². The Kier molecular flexibility index (Phi) is 3.87. The average molecular weight is 323 g/mol. The van der Waals surface area contributed by atoms with Crippen molar-refractivity contribution in [3.63, 3.8) is 0 Å². The zero-order valence-electron chi connectivity index (χ0n) is 10.7. The van der Waals surface area contributed by atoms with Crippen molar-refractivity contribution in [1.82, 2.24) is 0 Å². The summed E-state index contributed by atoms with van der Waals surface area (Å²) < 4.78 is 61.3. The monoisotopic (exact) mass is 323 g/mol. The van der Waals surface area contributed by atoms with Crippen LogP contribution in [0.1, 0.15) is 22.3 Å². The summed E-state index contributed by atoms with van der Waals surface area (Å²) in [6.45, 7) is 0.0264. The van der Waals surface area contributed by atoms with Gasteiger partial charge in [-0.05, 0) is 30.2 Å². The second-order valence-corrected chi connectivity index (χ2v) is 6.66. The van der Waals surface area contributed by atoms with Gasteiger partial charge in [0.1, 0.15) is 0 Å². The second kappa shape index (κ2) is 5.21. The van der Waals surface area contributed by atoms with E-state index in [-0.39, 0.29) is 24.2 Å². The Morgan fingerprint density at radius 3 is 2.57 bits per heavy atom. The third-order valence-electron chi connectivity index (χ3n) is 3.16. The zero-order valence-corrected chi connectivity index (χ0v) is 11.5. The number of carboxylic acid groups (broad SMARTS) is 1. The van der Waals surface area contributed by atoms with Gasteiger partial charge in [0.2, 0.25) is 10.0 Å². The Labute approximate surface area is 119 Å². The normalized spacial score (nSPS) is 15.1. The highest BCUT2D eigenvalue weighted by Gasteiger charge is 2.35. The van der Waals surface area contributed by atoms with Crippen molar-refractivity contribution >= 4 is 21.7 Å². The number of aromatic carboxylic acids is 1. The quantitative estimate of drug-likeness (QED) is 0.920. The van der Waals surface area contributed by atoms with Gasteiger partial charge in [0, 0.05) is 6.54 Å². The molecule has 0 aromatic heterocycles. The molecule has 1 aromatic carbocycles. The number of benzene rings is 1. The lowest BCUT2D eigenvalue weighted by Gasteiger charge is -2.20. The smallest absolute Gasteiger partial charge is 0.390 e. The summed E-state index contributed by atoms with van der Waals surface area (Å²) in [5.74, 6) is -2.16. The zero-order chi connectivity index (χ0) is 15.8. The van der Waals surface area contributed by atoms with E-state index in [0.717, 1.165) is 4.31 Å². The van der Waals surface area contributed by atoms with Gasteiger partial charge >= 0.3 is 12.1 Å². The molecule has 0 radical (unpaired) electrons. The molecule has 0 aliphatic carbocycles. The minimum absolute atomic E-state index is 0.0169. The Bertz CT molecular complexity index is 670. The van der Waals surface area contributed by atoms with Crippen LogP contribution in [0.3, 0.4) is 0 Å². The maximum Gasteiger partial charge on any atom is 0.390 e. The maximum absolute atomic E-state index is 12.2. The van der Waals surface area contributed by atoms with Crippen molar-refractivity contribution < 1.29 is 31.5 Å². The first-order chi connectivity index (χ1) is 9.60. The van der Waals surface area contributed by atoms with Crippen LogP contribution in [-0.4, -0.2) is 38.0 Å². The number of nitrogens with zero attached hydrogens (tertiary/aromatic N) is 1. The number of hydrogen-bond acceptors (Lipinski definition) is 3. The number of hydrogen-bond donors (Lipinski definition) is 1. The van der Waals surface area contributed by atoms with Crippen LogP contribution in [-0.2, 0) is 16.4 Å². The lowest BCUT2D eigenvalue weighted by atomic mass is 10.1. The van der Waals surface area contributed by atoms with Crippen molar-refractivity contribution in [1.29, 1.82) is 0 Å². The molecule has 5 nitrogen and oxygen atoms in total. The second-order valence-electron chi connectivity index (χ2n) is 4.65. The first-order valence-corrected chi connectivity index (χ1v) is 7.64. The number of anilines is 1. The van der Waals surface area contributed by atoms with Gasteiger partial charge in [-0.2, -0.15) is 13.2 Å². The molecule has 2 rings (SSSR count). The molecule has 1 aliphatic heterocycles. The van der Waals surface area contributed by atoms with E-state index in [1.807, 2.05) is 0 Å². The van der Waals surface area contributed by atoms with E-state index >= 15 is 0 Å². The van der Waals surface area contributed by atoms with E-state index in [1.165, 1.54) is 18.2 Å². The minimum Gasteiger partial charge on any atom is -0.478 e. The predicted octanol–water partition coefficient (Wildman–Crippen LogP) is 2.03. The van der Waals surface area contributed by atoms with Crippen LogP contribution in [0.4, 0.5) is 18.9 Å². The maximum atomic E-state index is 12.2. The third-order valence-corrected chi connectivity index (χ3v) is 4.93. The van der Waals surface area contributed by atoms with Gasteiger partial charge in [-0.25, -0.2) is 13.2 Å². The van der Waals surface area contributed by atoms with Gasteiger partial charge in [-0.3, -0.25) is 4.31 Å². The van der Waals surface area contributed by atoms with E-state index in [1.54, 1.807) is 0 Å². The fourth-order valence-electron chi connectivity index (χ4n) is 2.15. The molecule has 9 heteroatoms. The molecule has 0 unspecified atom stereocenters. The summed E-state index contributed by atoms with van der Waals surface area (Å²) in [5.41, 5.74) is 0.774. The molecular weight excluding hydrogens is 311 g/mol. The molecule has 0 amide bonds. The molecule has 1 N–H and O–H groups in total.